The molecule has 1 aromatic rings. The van der Waals surface area contributed by atoms with Crippen molar-refractivity contribution in [3.63, 3.8) is 0 Å². The topological polar surface area (TPSA) is 56.3 Å². The fourth-order valence-corrected chi connectivity index (χ4v) is 1.15. The predicted molar refractivity (Wildman–Crippen MR) is 50.4 cm³/mol. The maximum Gasteiger partial charge on any atom is 0.356 e. The summed E-state index contributed by atoms with van der Waals surface area (Å²) >= 11 is 0. The lowest BCUT2D eigenvalue weighted by Gasteiger charge is -2.05. The lowest BCUT2D eigenvalue weighted by molar-refractivity contribution is 0.0592. The van der Waals surface area contributed by atoms with Gasteiger partial charge in [0.1, 0.15) is 0 Å². The quantitative estimate of drug-likeness (QED) is 0.524. The number of nitrogens with zero attached hydrogens (tertiary/aromatic N) is 1. The molecule has 14 heavy (non-hydrogen) atoms. The third-order valence-corrected chi connectivity index (χ3v) is 1.95. The van der Waals surface area contributed by atoms with Crippen molar-refractivity contribution in [2.75, 3.05) is 7.11 Å². The smallest absolute Gasteiger partial charge is 0.356 e. The maximum absolute atomic E-state index is 11.2. The second-order valence-corrected chi connectivity index (χ2v) is 2.94. The molecule has 0 saturated heterocycles. The molecule has 4 heteroatoms. The van der Waals surface area contributed by atoms with Gasteiger partial charge in [0.15, 0.2) is 12.0 Å². The van der Waals surface area contributed by atoms with E-state index in [0.29, 0.717) is 16.8 Å². The molecule has 0 aliphatic heterocycles. The van der Waals surface area contributed by atoms with Crippen LogP contribution in [0.15, 0.2) is 6.07 Å². The van der Waals surface area contributed by atoms with Crippen molar-refractivity contribution in [2.45, 2.75) is 13.8 Å². The molecule has 0 N–H and O–H groups in total. The molecule has 0 amide bonds. The van der Waals surface area contributed by atoms with Crippen LogP contribution in [0.2, 0.25) is 0 Å². The number of carbonyl (C=O) groups excluding carboxylic acids is 2. The Morgan fingerprint density at radius 1 is 1.50 bits per heavy atom. The van der Waals surface area contributed by atoms with Gasteiger partial charge in [-0.2, -0.15) is 0 Å². The number of hydrogen-bond acceptors (Lipinski definition) is 4. The number of aryl methyl sites for hydroxylation is 2. The summed E-state index contributed by atoms with van der Waals surface area (Å²) in [6.45, 7) is 3.39. The zero-order chi connectivity index (χ0) is 10.7. The van der Waals surface area contributed by atoms with E-state index in [2.05, 4.69) is 9.72 Å². The van der Waals surface area contributed by atoms with Gasteiger partial charge in [-0.1, -0.05) is 0 Å². The summed E-state index contributed by atoms with van der Waals surface area (Å²) in [5, 5.41) is 0. The Labute approximate surface area is 81.9 Å². The second-order valence-electron chi connectivity index (χ2n) is 2.94. The molecule has 0 saturated carbocycles. The molecule has 0 aliphatic carbocycles. The molecule has 0 spiro atoms. The third-order valence-electron chi connectivity index (χ3n) is 1.95. The van der Waals surface area contributed by atoms with E-state index in [-0.39, 0.29) is 5.69 Å². The van der Waals surface area contributed by atoms with Crippen LogP contribution in [0.25, 0.3) is 0 Å². The number of aromatic nitrogens is 1. The minimum absolute atomic E-state index is 0.260. The summed E-state index contributed by atoms with van der Waals surface area (Å²) in [6, 6.07) is 1.63. The Morgan fingerprint density at radius 3 is 2.64 bits per heavy atom. The number of rotatable bonds is 2. The largest absolute Gasteiger partial charge is 0.464 e. The number of ether oxygens (including phenoxy) is 1. The Bertz CT molecular complexity index is 385. The summed E-state index contributed by atoms with van der Waals surface area (Å²) in [5.41, 5.74) is 1.93. The molecule has 0 bridgehead atoms. The highest BCUT2D eigenvalue weighted by Crippen LogP contribution is 2.11. The van der Waals surface area contributed by atoms with Crippen LogP contribution in [0, 0.1) is 13.8 Å². The van der Waals surface area contributed by atoms with E-state index in [9.17, 15) is 9.59 Å². The number of carbonyl (C=O) groups is 2. The molecule has 4 nitrogen and oxygen atoms in total. The normalized spacial score (nSPS) is 9.64. The van der Waals surface area contributed by atoms with E-state index in [1.165, 1.54) is 7.11 Å². The molecule has 0 atom stereocenters. The number of hydrogen-bond donors (Lipinski definition) is 0. The van der Waals surface area contributed by atoms with Gasteiger partial charge in [0.25, 0.3) is 0 Å². The summed E-state index contributed by atoms with van der Waals surface area (Å²) in [6.07, 6.45) is 0.719. The molecule has 0 aliphatic rings. The summed E-state index contributed by atoms with van der Waals surface area (Å²) in [4.78, 5) is 25.8. The highest BCUT2D eigenvalue weighted by atomic mass is 16.5. The highest BCUT2D eigenvalue weighted by Gasteiger charge is 2.13. The Hall–Kier alpha value is -1.71. The minimum Gasteiger partial charge on any atom is -0.464 e. The molecule has 0 fully saturated rings. The average Bonchev–Trinajstić information content (AvgIpc) is 2.19. The predicted octanol–water partition coefficient (Wildman–Crippen LogP) is 1.30. The highest BCUT2D eigenvalue weighted by molar-refractivity contribution is 5.90. The Balaban J connectivity index is 3.28. The van der Waals surface area contributed by atoms with Crippen LogP contribution in [-0.4, -0.2) is 24.3 Å². The zero-order valence-electron chi connectivity index (χ0n) is 8.33. The number of methoxy groups -OCH3 is 1. The van der Waals surface area contributed by atoms with Crippen LogP contribution < -0.4 is 0 Å². The van der Waals surface area contributed by atoms with Crippen molar-refractivity contribution < 1.29 is 14.3 Å². The van der Waals surface area contributed by atoms with Crippen LogP contribution in [0.3, 0.4) is 0 Å². The van der Waals surface area contributed by atoms with E-state index in [1.54, 1.807) is 19.9 Å². The van der Waals surface area contributed by atoms with E-state index in [1.807, 2.05) is 0 Å². The van der Waals surface area contributed by atoms with Crippen molar-refractivity contribution in [1.82, 2.24) is 4.98 Å². The van der Waals surface area contributed by atoms with Gasteiger partial charge in [-0.3, -0.25) is 4.79 Å². The van der Waals surface area contributed by atoms with Crippen LogP contribution in [0.1, 0.15) is 32.1 Å². The van der Waals surface area contributed by atoms with Crippen molar-refractivity contribution in [2.24, 2.45) is 0 Å². The summed E-state index contributed by atoms with van der Waals surface area (Å²) < 4.78 is 4.56. The van der Waals surface area contributed by atoms with Gasteiger partial charge in [-0.05, 0) is 25.5 Å². The Kier molecular flexibility index (Phi) is 2.96. The summed E-state index contributed by atoms with van der Waals surface area (Å²) in [7, 11) is 1.30. The lowest BCUT2D eigenvalue weighted by Crippen LogP contribution is -2.09. The molecule has 0 radical (unpaired) electrons. The molecule has 0 aromatic carbocycles. The van der Waals surface area contributed by atoms with E-state index < -0.39 is 5.97 Å². The van der Waals surface area contributed by atoms with Gasteiger partial charge in [-0.25, -0.2) is 9.78 Å². The molecule has 74 valence electrons. The summed E-state index contributed by atoms with van der Waals surface area (Å²) in [5.74, 6) is -0.483. The van der Waals surface area contributed by atoms with Gasteiger partial charge in [0, 0.05) is 11.3 Å². The molecule has 1 aromatic heterocycles. The van der Waals surface area contributed by atoms with Gasteiger partial charge >= 0.3 is 5.97 Å². The molecule has 0 unspecified atom stereocenters. The van der Waals surface area contributed by atoms with Crippen LogP contribution in [0.4, 0.5) is 0 Å². The van der Waals surface area contributed by atoms with Gasteiger partial charge in [0.05, 0.1) is 7.11 Å². The van der Waals surface area contributed by atoms with Gasteiger partial charge in [0.2, 0.25) is 0 Å². The number of esters is 1. The average molecular weight is 193 g/mol. The molecule has 1 rings (SSSR count). The van der Waals surface area contributed by atoms with Crippen molar-refractivity contribution >= 4 is 12.3 Å². The zero-order valence-corrected chi connectivity index (χ0v) is 8.33. The second kappa shape index (κ2) is 4.00. The monoisotopic (exact) mass is 193 g/mol. The first-order chi connectivity index (χ1) is 6.60. The van der Waals surface area contributed by atoms with Crippen LogP contribution >= 0.6 is 0 Å². The fraction of sp³-hybridized carbons (Fsp3) is 0.300. The van der Waals surface area contributed by atoms with Gasteiger partial charge < -0.3 is 4.74 Å². The molecule has 1 heterocycles. The SMILES string of the molecule is COC(=O)c1nc(C)c(C=O)cc1C. The van der Waals surface area contributed by atoms with Gasteiger partial charge in [-0.15, -0.1) is 0 Å². The van der Waals surface area contributed by atoms with Crippen LogP contribution in [0.5, 0.6) is 0 Å². The van der Waals surface area contributed by atoms with Crippen molar-refractivity contribution in [1.29, 1.82) is 0 Å². The number of aldehydes is 1. The van der Waals surface area contributed by atoms with E-state index >= 15 is 0 Å². The first-order valence-corrected chi connectivity index (χ1v) is 4.12. The minimum atomic E-state index is -0.483. The molecular formula is C10H11NO3. The first-order valence-electron chi connectivity index (χ1n) is 4.12. The third kappa shape index (κ3) is 1.79. The Morgan fingerprint density at radius 2 is 2.14 bits per heavy atom. The lowest BCUT2D eigenvalue weighted by atomic mass is 10.1. The van der Waals surface area contributed by atoms with E-state index in [4.69, 9.17) is 0 Å². The van der Waals surface area contributed by atoms with E-state index in [0.717, 1.165) is 6.29 Å². The number of pyridine rings is 1. The first kappa shape index (κ1) is 10.4. The molecular weight excluding hydrogens is 182 g/mol. The standard InChI is InChI=1S/C10H11NO3/c1-6-4-8(5-12)7(2)11-9(6)10(13)14-3/h4-5H,1-3H3. The fourth-order valence-electron chi connectivity index (χ4n) is 1.15. The van der Waals surface area contributed by atoms with Crippen LogP contribution in [-0.2, 0) is 4.74 Å². The van der Waals surface area contributed by atoms with Crippen molar-refractivity contribution in [3.8, 4) is 0 Å². The van der Waals surface area contributed by atoms with Crippen molar-refractivity contribution in [3.05, 3.63) is 28.6 Å². The maximum atomic E-state index is 11.2.